The highest BCUT2D eigenvalue weighted by atomic mass is 79.9. The number of furan rings is 1. The van der Waals surface area contributed by atoms with Gasteiger partial charge in [0.1, 0.15) is 5.76 Å². The minimum atomic E-state index is -0.505. The first-order valence-corrected chi connectivity index (χ1v) is 10.0. The van der Waals surface area contributed by atoms with E-state index in [4.69, 9.17) is 9.15 Å². The van der Waals surface area contributed by atoms with Crippen molar-refractivity contribution >= 4 is 44.5 Å². The summed E-state index contributed by atoms with van der Waals surface area (Å²) in [6.07, 6.45) is 3.88. The number of rotatable bonds is 5. The van der Waals surface area contributed by atoms with Crippen molar-refractivity contribution in [2.45, 2.75) is 6.54 Å². The Morgan fingerprint density at radius 3 is 2.80 bits per heavy atom. The van der Waals surface area contributed by atoms with E-state index in [1.807, 2.05) is 65.4 Å². The molecule has 4 rings (SSSR count). The van der Waals surface area contributed by atoms with Gasteiger partial charge in [0.15, 0.2) is 0 Å². The van der Waals surface area contributed by atoms with E-state index in [2.05, 4.69) is 22.0 Å². The van der Waals surface area contributed by atoms with E-state index < -0.39 is 5.97 Å². The summed E-state index contributed by atoms with van der Waals surface area (Å²) < 4.78 is 13.3. The number of ether oxygens (including phenoxy) is 1. The summed E-state index contributed by atoms with van der Waals surface area (Å²) in [5.41, 5.74) is 3.36. The molecule has 0 saturated carbocycles. The van der Waals surface area contributed by atoms with Crippen LogP contribution in [0.15, 0.2) is 75.8 Å². The quantitative estimate of drug-likeness (QED) is 0.274. The lowest BCUT2D eigenvalue weighted by atomic mass is 10.0. The molecule has 0 saturated heterocycles. The van der Waals surface area contributed by atoms with E-state index in [9.17, 15) is 10.1 Å². The molecule has 0 unspecified atom stereocenters. The molecule has 0 bridgehead atoms. The maximum absolute atomic E-state index is 11.6. The summed E-state index contributed by atoms with van der Waals surface area (Å²) in [6.45, 7) is 0.449. The van der Waals surface area contributed by atoms with Gasteiger partial charge < -0.3 is 13.7 Å². The predicted octanol–water partition coefficient (Wildman–Crippen LogP) is 5.90. The second kappa shape index (κ2) is 8.44. The zero-order chi connectivity index (χ0) is 21.1. The molecule has 0 atom stereocenters. The van der Waals surface area contributed by atoms with E-state index in [1.165, 1.54) is 7.11 Å². The van der Waals surface area contributed by atoms with E-state index >= 15 is 0 Å². The molecule has 148 valence electrons. The Morgan fingerprint density at radius 2 is 2.03 bits per heavy atom. The number of aromatic nitrogens is 1. The number of carbonyl (C=O) groups is 1. The van der Waals surface area contributed by atoms with E-state index in [-0.39, 0.29) is 5.76 Å². The molecular formula is C24H17BrN2O3. The molecule has 0 radical (unpaired) electrons. The fourth-order valence-electron chi connectivity index (χ4n) is 3.35. The van der Waals surface area contributed by atoms with Crippen LogP contribution in [-0.4, -0.2) is 17.6 Å². The molecule has 0 spiro atoms. The van der Waals surface area contributed by atoms with Crippen molar-refractivity contribution in [3.63, 3.8) is 0 Å². The number of benzene rings is 2. The third-order valence-corrected chi connectivity index (χ3v) is 5.24. The maximum Gasteiger partial charge on any atom is 0.373 e. The molecule has 0 aliphatic heterocycles. The highest BCUT2D eigenvalue weighted by Gasteiger charge is 2.14. The van der Waals surface area contributed by atoms with Gasteiger partial charge in [0, 0.05) is 27.1 Å². The smallest absolute Gasteiger partial charge is 0.373 e. The molecule has 2 heterocycles. The molecule has 5 nitrogen and oxygen atoms in total. The number of hydrogen-bond donors (Lipinski definition) is 0. The summed E-state index contributed by atoms with van der Waals surface area (Å²) >= 11 is 3.46. The van der Waals surface area contributed by atoms with Crippen molar-refractivity contribution in [2.24, 2.45) is 0 Å². The molecular weight excluding hydrogens is 444 g/mol. The molecule has 0 aliphatic carbocycles. The fraction of sp³-hybridized carbons (Fsp3) is 0.0833. The van der Waals surface area contributed by atoms with Crippen LogP contribution < -0.4 is 0 Å². The van der Waals surface area contributed by atoms with Crippen molar-refractivity contribution in [2.75, 3.05) is 7.11 Å². The first-order chi connectivity index (χ1) is 14.6. The van der Waals surface area contributed by atoms with Gasteiger partial charge in [0.25, 0.3) is 0 Å². The van der Waals surface area contributed by atoms with Gasteiger partial charge in [-0.15, -0.1) is 0 Å². The standard InChI is InChI=1S/C24H17BrN2O3/c1-29-24(28)23-10-9-20(30-23)15-27-14-18(21-7-2-3-8-22(21)27)11-17(13-26)16-5-4-6-19(25)12-16/h2-12,14H,15H2,1H3/b17-11-. The Bertz CT molecular complexity index is 1310. The Labute approximate surface area is 181 Å². The molecule has 2 aromatic heterocycles. The molecule has 0 fully saturated rings. The van der Waals surface area contributed by atoms with Crippen LogP contribution in [-0.2, 0) is 11.3 Å². The molecule has 2 aromatic carbocycles. The van der Waals surface area contributed by atoms with Crippen molar-refractivity contribution in [3.05, 3.63) is 94.0 Å². The Hall–Kier alpha value is -3.56. The van der Waals surface area contributed by atoms with Gasteiger partial charge in [-0.3, -0.25) is 0 Å². The molecule has 0 aliphatic rings. The van der Waals surface area contributed by atoms with Crippen LogP contribution in [0, 0.1) is 11.3 Å². The number of halogens is 1. The Morgan fingerprint density at radius 1 is 1.20 bits per heavy atom. The SMILES string of the molecule is COC(=O)c1ccc(Cn2cc(/C=C(/C#N)c3cccc(Br)c3)c3ccccc32)o1. The van der Waals surface area contributed by atoms with Crippen molar-refractivity contribution in [1.29, 1.82) is 5.26 Å². The van der Waals surface area contributed by atoms with Crippen LogP contribution in [0.1, 0.15) is 27.4 Å². The third kappa shape index (κ3) is 3.93. The van der Waals surface area contributed by atoms with Crippen LogP contribution in [0.3, 0.4) is 0 Å². The van der Waals surface area contributed by atoms with Crippen LogP contribution in [0.25, 0.3) is 22.6 Å². The number of carbonyl (C=O) groups excluding carboxylic acids is 1. The number of nitrogens with zero attached hydrogens (tertiary/aromatic N) is 2. The molecule has 30 heavy (non-hydrogen) atoms. The molecule has 0 amide bonds. The number of methoxy groups -OCH3 is 1. The molecule has 0 N–H and O–H groups in total. The number of fused-ring (bicyclic) bond motifs is 1. The number of para-hydroxylation sites is 1. The lowest BCUT2D eigenvalue weighted by molar-refractivity contribution is 0.0563. The predicted molar refractivity (Wildman–Crippen MR) is 119 cm³/mol. The summed E-state index contributed by atoms with van der Waals surface area (Å²) in [5, 5.41) is 10.8. The topological polar surface area (TPSA) is 68.2 Å². The van der Waals surface area contributed by atoms with Crippen LogP contribution >= 0.6 is 15.9 Å². The van der Waals surface area contributed by atoms with Gasteiger partial charge in [0.05, 0.1) is 25.3 Å². The second-order valence-corrected chi connectivity index (χ2v) is 7.58. The van der Waals surface area contributed by atoms with Gasteiger partial charge in [-0.1, -0.05) is 46.3 Å². The van der Waals surface area contributed by atoms with Crippen molar-refractivity contribution in [3.8, 4) is 6.07 Å². The number of allylic oxidation sites excluding steroid dienone is 1. The lowest BCUT2D eigenvalue weighted by Gasteiger charge is -2.02. The number of nitriles is 1. The fourth-order valence-corrected chi connectivity index (χ4v) is 3.75. The zero-order valence-corrected chi connectivity index (χ0v) is 17.7. The van der Waals surface area contributed by atoms with Gasteiger partial charge in [-0.25, -0.2) is 4.79 Å². The normalized spacial score (nSPS) is 11.4. The first kappa shape index (κ1) is 19.7. The van der Waals surface area contributed by atoms with Gasteiger partial charge >= 0.3 is 5.97 Å². The monoisotopic (exact) mass is 460 g/mol. The van der Waals surface area contributed by atoms with Crippen molar-refractivity contribution in [1.82, 2.24) is 4.57 Å². The number of hydrogen-bond acceptors (Lipinski definition) is 4. The highest BCUT2D eigenvalue weighted by Crippen LogP contribution is 2.28. The maximum atomic E-state index is 11.6. The highest BCUT2D eigenvalue weighted by molar-refractivity contribution is 9.10. The van der Waals surface area contributed by atoms with Gasteiger partial charge in [-0.05, 0) is 42.0 Å². The summed E-state index contributed by atoms with van der Waals surface area (Å²) in [7, 11) is 1.32. The largest absolute Gasteiger partial charge is 0.463 e. The lowest BCUT2D eigenvalue weighted by Crippen LogP contribution is -1.99. The summed E-state index contributed by atoms with van der Waals surface area (Å²) in [6, 6.07) is 21.3. The van der Waals surface area contributed by atoms with Crippen LogP contribution in [0.4, 0.5) is 0 Å². The molecule has 4 aromatic rings. The Kier molecular flexibility index (Phi) is 5.55. The first-order valence-electron chi connectivity index (χ1n) is 9.21. The van der Waals surface area contributed by atoms with Gasteiger partial charge in [0.2, 0.25) is 5.76 Å². The molecule has 6 heteroatoms. The van der Waals surface area contributed by atoms with Crippen molar-refractivity contribution < 1.29 is 13.9 Å². The minimum Gasteiger partial charge on any atom is -0.463 e. The van der Waals surface area contributed by atoms with Crippen LogP contribution in [0.5, 0.6) is 0 Å². The third-order valence-electron chi connectivity index (χ3n) is 4.75. The second-order valence-electron chi connectivity index (χ2n) is 6.67. The van der Waals surface area contributed by atoms with Gasteiger partial charge in [-0.2, -0.15) is 5.26 Å². The minimum absolute atomic E-state index is 0.172. The number of esters is 1. The van der Waals surface area contributed by atoms with E-state index in [0.717, 1.165) is 26.5 Å². The zero-order valence-electron chi connectivity index (χ0n) is 16.1. The van der Waals surface area contributed by atoms with E-state index in [1.54, 1.807) is 12.1 Å². The average molecular weight is 461 g/mol. The Balaban J connectivity index is 1.75. The van der Waals surface area contributed by atoms with E-state index in [0.29, 0.717) is 17.9 Å². The van der Waals surface area contributed by atoms with Crippen LogP contribution in [0.2, 0.25) is 0 Å². The average Bonchev–Trinajstić information content (AvgIpc) is 3.37. The summed E-state index contributed by atoms with van der Waals surface area (Å²) in [4.78, 5) is 11.6. The summed E-state index contributed by atoms with van der Waals surface area (Å²) in [5.74, 6) is 0.305.